The zero-order chi connectivity index (χ0) is 14.9. The second-order valence-electron chi connectivity index (χ2n) is 5.42. The summed E-state index contributed by atoms with van der Waals surface area (Å²) in [5.41, 5.74) is 1.91. The lowest BCUT2D eigenvalue weighted by atomic mass is 10.1. The molecule has 2 aliphatic rings. The maximum absolute atomic E-state index is 12.5. The Bertz CT molecular complexity index is 713. The Morgan fingerprint density at radius 1 is 1.18 bits per heavy atom. The van der Waals surface area contributed by atoms with Crippen LogP contribution in [0.5, 0.6) is 11.5 Å². The van der Waals surface area contributed by atoms with Crippen molar-refractivity contribution in [1.82, 2.24) is 19.9 Å². The van der Waals surface area contributed by atoms with Gasteiger partial charge in [-0.25, -0.2) is 4.68 Å². The fourth-order valence-corrected chi connectivity index (χ4v) is 2.78. The number of carbonyl (C=O) groups is 1. The number of hydrogen-bond donors (Lipinski definition) is 0. The van der Waals surface area contributed by atoms with Crippen LogP contribution in [0.15, 0.2) is 24.4 Å². The van der Waals surface area contributed by atoms with Crippen LogP contribution >= 0.6 is 0 Å². The largest absolute Gasteiger partial charge is 0.486 e. The first-order chi connectivity index (χ1) is 10.8. The lowest BCUT2D eigenvalue weighted by molar-refractivity contribution is -0.132. The Hall–Kier alpha value is -2.57. The highest BCUT2D eigenvalue weighted by Gasteiger charge is 2.22. The summed E-state index contributed by atoms with van der Waals surface area (Å²) >= 11 is 0. The van der Waals surface area contributed by atoms with E-state index in [9.17, 15) is 4.79 Å². The molecular formula is C15H16N4O3. The molecule has 1 aromatic heterocycles. The van der Waals surface area contributed by atoms with Crippen molar-refractivity contribution in [1.29, 1.82) is 0 Å². The van der Waals surface area contributed by atoms with E-state index in [1.165, 1.54) is 0 Å². The molecule has 1 amide bonds. The highest BCUT2D eigenvalue weighted by atomic mass is 16.6. The van der Waals surface area contributed by atoms with Gasteiger partial charge in [0.1, 0.15) is 13.2 Å². The number of fused-ring (bicyclic) bond motifs is 2. The fraction of sp³-hybridized carbons (Fsp3) is 0.400. The number of hydrogen-bond acceptors (Lipinski definition) is 5. The summed E-state index contributed by atoms with van der Waals surface area (Å²) < 4.78 is 12.9. The zero-order valence-corrected chi connectivity index (χ0v) is 12.1. The monoisotopic (exact) mass is 300 g/mol. The van der Waals surface area contributed by atoms with Gasteiger partial charge < -0.3 is 14.4 Å². The molecule has 0 spiro atoms. The first-order valence-corrected chi connectivity index (χ1v) is 7.33. The molecule has 0 saturated heterocycles. The van der Waals surface area contributed by atoms with Gasteiger partial charge in [0.05, 0.1) is 31.4 Å². The van der Waals surface area contributed by atoms with Gasteiger partial charge in [-0.2, -0.15) is 0 Å². The molecule has 3 heterocycles. The van der Waals surface area contributed by atoms with E-state index >= 15 is 0 Å². The number of carbonyl (C=O) groups excluding carboxylic acids is 1. The number of aromatic nitrogens is 3. The molecule has 0 bridgehead atoms. The Labute approximate surface area is 127 Å². The molecule has 0 unspecified atom stereocenters. The van der Waals surface area contributed by atoms with Crippen molar-refractivity contribution in [2.24, 2.45) is 0 Å². The highest BCUT2D eigenvalue weighted by Crippen LogP contribution is 2.31. The molecule has 0 radical (unpaired) electrons. The summed E-state index contributed by atoms with van der Waals surface area (Å²) in [7, 11) is 0. The summed E-state index contributed by atoms with van der Waals surface area (Å²) in [6, 6.07) is 5.68. The second kappa shape index (κ2) is 5.32. The summed E-state index contributed by atoms with van der Waals surface area (Å²) in [5.74, 6) is 1.57. The van der Waals surface area contributed by atoms with Gasteiger partial charge in [0.2, 0.25) is 5.91 Å². The van der Waals surface area contributed by atoms with Crippen LogP contribution in [0.4, 0.5) is 0 Å². The van der Waals surface area contributed by atoms with Crippen molar-refractivity contribution < 1.29 is 14.3 Å². The number of rotatable bonds is 2. The van der Waals surface area contributed by atoms with Gasteiger partial charge in [-0.1, -0.05) is 11.3 Å². The summed E-state index contributed by atoms with van der Waals surface area (Å²) in [4.78, 5) is 14.3. The van der Waals surface area contributed by atoms with Crippen LogP contribution in [0.3, 0.4) is 0 Å². The average Bonchev–Trinajstić information content (AvgIpc) is 3.02. The van der Waals surface area contributed by atoms with E-state index in [1.807, 2.05) is 27.8 Å². The van der Waals surface area contributed by atoms with Crippen molar-refractivity contribution in [3.63, 3.8) is 0 Å². The lowest BCUT2D eigenvalue weighted by Gasteiger charge is -2.27. The minimum absolute atomic E-state index is 0.101. The van der Waals surface area contributed by atoms with Crippen LogP contribution in [0.25, 0.3) is 0 Å². The first-order valence-electron chi connectivity index (χ1n) is 7.33. The standard InChI is InChI=1S/C15H16N4O3/c20-15(18-3-4-19-12(10-18)9-16-17-19)8-11-1-2-13-14(7-11)22-6-5-21-13/h1-2,7,9H,3-6,8,10H2. The third-order valence-electron chi connectivity index (χ3n) is 3.95. The Balaban J connectivity index is 1.46. The number of amides is 1. The molecular weight excluding hydrogens is 284 g/mol. The molecule has 7 heteroatoms. The van der Waals surface area contributed by atoms with E-state index in [4.69, 9.17) is 9.47 Å². The molecule has 7 nitrogen and oxygen atoms in total. The molecule has 0 saturated carbocycles. The van der Waals surface area contributed by atoms with E-state index in [-0.39, 0.29) is 5.91 Å². The summed E-state index contributed by atoms with van der Waals surface area (Å²) in [6.07, 6.45) is 2.07. The molecule has 4 rings (SSSR count). The van der Waals surface area contributed by atoms with Crippen LogP contribution in [-0.4, -0.2) is 45.6 Å². The normalized spacial score (nSPS) is 16.3. The van der Waals surface area contributed by atoms with Crippen molar-refractivity contribution >= 4 is 5.91 Å². The number of ether oxygens (including phenoxy) is 2. The minimum atomic E-state index is 0.101. The van der Waals surface area contributed by atoms with E-state index in [0.717, 1.165) is 22.8 Å². The van der Waals surface area contributed by atoms with Crippen molar-refractivity contribution in [3.8, 4) is 11.5 Å². The predicted octanol–water partition coefficient (Wildman–Crippen LogP) is 0.634. The Kier molecular flexibility index (Phi) is 3.17. The van der Waals surface area contributed by atoms with E-state index in [0.29, 0.717) is 39.3 Å². The van der Waals surface area contributed by atoms with Crippen LogP contribution in [0.2, 0.25) is 0 Å². The fourth-order valence-electron chi connectivity index (χ4n) is 2.78. The third-order valence-corrected chi connectivity index (χ3v) is 3.95. The summed E-state index contributed by atoms with van der Waals surface area (Å²) in [6.45, 7) is 3.05. The molecule has 114 valence electrons. The first kappa shape index (κ1) is 13.1. The highest BCUT2D eigenvalue weighted by molar-refractivity contribution is 5.79. The molecule has 2 aromatic rings. The third kappa shape index (κ3) is 2.38. The lowest BCUT2D eigenvalue weighted by Crippen LogP contribution is -2.39. The summed E-state index contributed by atoms with van der Waals surface area (Å²) in [5, 5.41) is 7.86. The van der Waals surface area contributed by atoms with Gasteiger partial charge in [0.25, 0.3) is 0 Å². The van der Waals surface area contributed by atoms with E-state index < -0.39 is 0 Å². The van der Waals surface area contributed by atoms with Gasteiger partial charge in [0, 0.05) is 6.54 Å². The second-order valence-corrected chi connectivity index (χ2v) is 5.42. The molecule has 2 aliphatic heterocycles. The maximum atomic E-state index is 12.5. The van der Waals surface area contributed by atoms with Crippen LogP contribution in [0, 0.1) is 0 Å². The molecule has 22 heavy (non-hydrogen) atoms. The van der Waals surface area contributed by atoms with Crippen molar-refractivity contribution in [3.05, 3.63) is 35.7 Å². The smallest absolute Gasteiger partial charge is 0.227 e. The number of benzene rings is 1. The quantitative estimate of drug-likeness (QED) is 0.814. The van der Waals surface area contributed by atoms with Crippen molar-refractivity contribution in [2.75, 3.05) is 19.8 Å². The molecule has 0 N–H and O–H groups in total. The number of nitrogens with zero attached hydrogens (tertiary/aromatic N) is 4. The van der Waals surface area contributed by atoms with E-state index in [2.05, 4.69) is 10.3 Å². The molecule has 0 fully saturated rings. The minimum Gasteiger partial charge on any atom is -0.486 e. The Morgan fingerprint density at radius 3 is 2.95 bits per heavy atom. The molecule has 1 aromatic carbocycles. The SMILES string of the molecule is O=C(Cc1ccc2c(c1)OCCO2)N1CCn2nncc2C1. The topological polar surface area (TPSA) is 69.5 Å². The molecule has 0 atom stereocenters. The van der Waals surface area contributed by atoms with Crippen LogP contribution < -0.4 is 9.47 Å². The predicted molar refractivity (Wildman–Crippen MR) is 76.6 cm³/mol. The van der Waals surface area contributed by atoms with E-state index in [1.54, 1.807) is 6.20 Å². The van der Waals surface area contributed by atoms with Crippen molar-refractivity contribution in [2.45, 2.75) is 19.5 Å². The molecule has 0 aliphatic carbocycles. The van der Waals surface area contributed by atoms with Gasteiger partial charge in [-0.05, 0) is 17.7 Å². The van der Waals surface area contributed by atoms with Crippen LogP contribution in [0.1, 0.15) is 11.3 Å². The zero-order valence-electron chi connectivity index (χ0n) is 12.1. The average molecular weight is 300 g/mol. The van der Waals surface area contributed by atoms with Gasteiger partial charge in [-0.15, -0.1) is 5.10 Å². The van der Waals surface area contributed by atoms with Crippen LogP contribution in [-0.2, 0) is 24.3 Å². The van der Waals surface area contributed by atoms with Gasteiger partial charge in [0.15, 0.2) is 11.5 Å². The van der Waals surface area contributed by atoms with Gasteiger partial charge in [-0.3, -0.25) is 4.79 Å². The Morgan fingerprint density at radius 2 is 2.05 bits per heavy atom. The maximum Gasteiger partial charge on any atom is 0.227 e. The van der Waals surface area contributed by atoms with Gasteiger partial charge >= 0.3 is 0 Å².